The third-order valence-corrected chi connectivity index (χ3v) is 4.27. The van der Waals surface area contributed by atoms with Crippen molar-refractivity contribution in [2.24, 2.45) is 10.8 Å². The summed E-state index contributed by atoms with van der Waals surface area (Å²) in [6, 6.07) is 24.5. The number of carbonyl (C=O) groups is 2. The van der Waals surface area contributed by atoms with E-state index in [0.717, 1.165) is 16.7 Å². The van der Waals surface area contributed by atoms with E-state index in [1.165, 1.54) is 6.07 Å². The molecule has 3 aromatic rings. The van der Waals surface area contributed by atoms with Gasteiger partial charge in [-0.05, 0) is 35.7 Å². The van der Waals surface area contributed by atoms with Gasteiger partial charge in [-0.1, -0.05) is 66.7 Å². The fourth-order valence-corrected chi connectivity index (χ4v) is 2.72. The number of benzene rings is 3. The van der Waals surface area contributed by atoms with E-state index in [-0.39, 0.29) is 17.9 Å². The summed E-state index contributed by atoms with van der Waals surface area (Å²) in [5.74, 6) is -0.800. The Hall–Kier alpha value is -3.93. The third-order valence-electron chi connectivity index (χ3n) is 4.27. The minimum atomic E-state index is -0.617. The van der Waals surface area contributed by atoms with Gasteiger partial charge in [-0.15, -0.1) is 0 Å². The number of hydrazone groups is 1. The Morgan fingerprint density at radius 3 is 2.21 bits per heavy atom. The van der Waals surface area contributed by atoms with Crippen LogP contribution in [0.1, 0.15) is 22.8 Å². The summed E-state index contributed by atoms with van der Waals surface area (Å²) in [5.41, 5.74) is 11.8. The maximum atomic E-state index is 12.0. The molecule has 146 valence electrons. The molecule has 29 heavy (non-hydrogen) atoms. The molecule has 0 aliphatic carbocycles. The van der Waals surface area contributed by atoms with Crippen molar-refractivity contribution in [1.29, 1.82) is 0 Å². The number of nitrogens with two attached hydrogens (primary N) is 1. The molecule has 0 aliphatic heterocycles. The van der Waals surface area contributed by atoms with Crippen molar-refractivity contribution in [3.8, 4) is 16.9 Å². The van der Waals surface area contributed by atoms with Gasteiger partial charge < -0.3 is 10.5 Å². The fourth-order valence-electron chi connectivity index (χ4n) is 2.72. The maximum absolute atomic E-state index is 12.0. The van der Waals surface area contributed by atoms with Crippen LogP contribution in [0, 0.1) is 0 Å². The molecule has 0 radical (unpaired) electrons. The van der Waals surface area contributed by atoms with Crippen LogP contribution < -0.4 is 15.9 Å². The largest absolute Gasteiger partial charge is 0.483 e. The quantitative estimate of drug-likeness (QED) is 0.481. The Morgan fingerprint density at radius 1 is 0.897 bits per heavy atom. The lowest BCUT2D eigenvalue weighted by Gasteiger charge is -2.09. The van der Waals surface area contributed by atoms with Gasteiger partial charge in [-0.2, -0.15) is 5.10 Å². The molecule has 2 amide bonds. The first-order chi connectivity index (χ1) is 14.0. The molecule has 0 unspecified atom stereocenters. The standard InChI is InChI=1S/C23H21N3O3/c1-16(17-11-13-19(14-12-17)18-7-3-2-4-8-18)25-26-22(27)15-29-21-10-6-5-9-20(21)23(24)28/h2-14H,15H2,1H3,(H2,24,28)(H,26,27)/b25-16-. The van der Waals surface area contributed by atoms with E-state index < -0.39 is 11.8 Å². The Kier molecular flexibility index (Phi) is 6.37. The van der Waals surface area contributed by atoms with Gasteiger partial charge in [0.2, 0.25) is 0 Å². The Labute approximate surface area is 169 Å². The van der Waals surface area contributed by atoms with Crippen molar-refractivity contribution in [3.63, 3.8) is 0 Å². The highest BCUT2D eigenvalue weighted by Gasteiger charge is 2.10. The SMILES string of the molecule is C/C(=N/NC(=O)COc1ccccc1C(N)=O)c1ccc(-c2ccccc2)cc1. The number of carbonyl (C=O) groups excluding carboxylic acids is 2. The van der Waals surface area contributed by atoms with E-state index in [1.54, 1.807) is 25.1 Å². The molecule has 0 saturated carbocycles. The lowest BCUT2D eigenvalue weighted by Crippen LogP contribution is -2.26. The monoisotopic (exact) mass is 387 g/mol. The summed E-state index contributed by atoms with van der Waals surface area (Å²) in [7, 11) is 0. The molecule has 0 spiro atoms. The molecule has 0 bridgehead atoms. The Bertz CT molecular complexity index is 1030. The van der Waals surface area contributed by atoms with Crippen LogP contribution in [0.4, 0.5) is 0 Å². The molecule has 6 nitrogen and oxygen atoms in total. The average Bonchev–Trinajstić information content (AvgIpc) is 2.77. The van der Waals surface area contributed by atoms with E-state index >= 15 is 0 Å². The summed E-state index contributed by atoms with van der Waals surface area (Å²) in [6.07, 6.45) is 0. The summed E-state index contributed by atoms with van der Waals surface area (Å²) >= 11 is 0. The van der Waals surface area contributed by atoms with Gasteiger partial charge in [-0.3, -0.25) is 9.59 Å². The second kappa shape index (κ2) is 9.32. The number of ether oxygens (including phenoxy) is 1. The highest BCUT2D eigenvalue weighted by Crippen LogP contribution is 2.19. The van der Waals surface area contributed by atoms with Crippen LogP contribution in [0.15, 0.2) is 84.0 Å². The molecule has 6 heteroatoms. The second-order valence-electron chi connectivity index (χ2n) is 6.32. The Balaban J connectivity index is 1.58. The highest BCUT2D eigenvalue weighted by molar-refractivity contribution is 5.99. The molecule has 0 aromatic heterocycles. The number of nitrogens with one attached hydrogen (secondary N) is 1. The maximum Gasteiger partial charge on any atom is 0.277 e. The van der Waals surface area contributed by atoms with Gasteiger partial charge in [0.25, 0.3) is 11.8 Å². The van der Waals surface area contributed by atoms with Gasteiger partial charge in [0.05, 0.1) is 11.3 Å². The molecular formula is C23H21N3O3. The molecule has 0 fully saturated rings. The molecule has 3 N–H and O–H groups in total. The van der Waals surface area contributed by atoms with Crippen LogP contribution in [0.5, 0.6) is 5.75 Å². The number of hydrogen-bond acceptors (Lipinski definition) is 4. The number of hydrogen-bond donors (Lipinski definition) is 2. The van der Waals surface area contributed by atoms with Gasteiger partial charge in [0, 0.05) is 0 Å². The molecule has 0 atom stereocenters. The summed E-state index contributed by atoms with van der Waals surface area (Å²) in [4.78, 5) is 23.4. The van der Waals surface area contributed by atoms with Crippen LogP contribution in [-0.4, -0.2) is 24.1 Å². The third kappa shape index (κ3) is 5.29. The predicted molar refractivity (Wildman–Crippen MR) is 113 cm³/mol. The van der Waals surface area contributed by atoms with Crippen LogP contribution in [0.3, 0.4) is 0 Å². The number of nitrogens with zero attached hydrogens (tertiary/aromatic N) is 1. The zero-order valence-electron chi connectivity index (χ0n) is 16.0. The number of primary amides is 1. The van der Waals surface area contributed by atoms with Crippen LogP contribution in [0.25, 0.3) is 11.1 Å². The number of para-hydroxylation sites is 1. The van der Waals surface area contributed by atoms with Crippen LogP contribution >= 0.6 is 0 Å². The van der Waals surface area contributed by atoms with E-state index in [1.807, 2.05) is 54.6 Å². The van der Waals surface area contributed by atoms with Crippen LogP contribution in [-0.2, 0) is 4.79 Å². The molecule has 0 aliphatic rings. The van der Waals surface area contributed by atoms with Gasteiger partial charge >= 0.3 is 0 Å². The average molecular weight is 387 g/mol. The Morgan fingerprint density at radius 2 is 1.52 bits per heavy atom. The van der Waals surface area contributed by atoms with Crippen molar-refractivity contribution in [2.75, 3.05) is 6.61 Å². The highest BCUT2D eigenvalue weighted by atomic mass is 16.5. The van der Waals surface area contributed by atoms with Crippen molar-refractivity contribution < 1.29 is 14.3 Å². The van der Waals surface area contributed by atoms with Crippen molar-refractivity contribution in [3.05, 3.63) is 90.0 Å². The molecule has 3 aromatic carbocycles. The second-order valence-corrected chi connectivity index (χ2v) is 6.32. The summed E-state index contributed by atoms with van der Waals surface area (Å²) < 4.78 is 5.38. The minimum absolute atomic E-state index is 0.221. The molecule has 0 saturated heterocycles. The summed E-state index contributed by atoms with van der Waals surface area (Å²) in [6.45, 7) is 1.52. The number of rotatable bonds is 7. The van der Waals surface area contributed by atoms with Gasteiger partial charge in [0.1, 0.15) is 5.75 Å². The van der Waals surface area contributed by atoms with Crippen molar-refractivity contribution in [1.82, 2.24) is 5.43 Å². The van der Waals surface area contributed by atoms with Gasteiger partial charge in [0.15, 0.2) is 6.61 Å². The first kappa shape index (κ1) is 19.8. The van der Waals surface area contributed by atoms with Crippen molar-refractivity contribution in [2.45, 2.75) is 6.92 Å². The molecule has 0 heterocycles. The molecular weight excluding hydrogens is 366 g/mol. The zero-order valence-corrected chi connectivity index (χ0v) is 16.0. The zero-order chi connectivity index (χ0) is 20.6. The smallest absolute Gasteiger partial charge is 0.277 e. The van der Waals surface area contributed by atoms with Crippen LogP contribution in [0.2, 0.25) is 0 Å². The van der Waals surface area contributed by atoms with E-state index in [4.69, 9.17) is 10.5 Å². The first-order valence-electron chi connectivity index (χ1n) is 9.05. The van der Waals surface area contributed by atoms with Gasteiger partial charge in [-0.25, -0.2) is 5.43 Å². The van der Waals surface area contributed by atoms with E-state index in [9.17, 15) is 9.59 Å². The minimum Gasteiger partial charge on any atom is -0.483 e. The predicted octanol–water partition coefficient (Wildman–Crippen LogP) is 3.37. The normalized spacial score (nSPS) is 11.0. The van der Waals surface area contributed by atoms with E-state index in [0.29, 0.717) is 5.71 Å². The lowest BCUT2D eigenvalue weighted by molar-refractivity contribution is -0.123. The number of amides is 2. The fraction of sp³-hybridized carbons (Fsp3) is 0.0870. The van der Waals surface area contributed by atoms with Crippen molar-refractivity contribution >= 4 is 17.5 Å². The summed E-state index contributed by atoms with van der Waals surface area (Å²) in [5, 5.41) is 4.11. The van der Waals surface area contributed by atoms with E-state index in [2.05, 4.69) is 10.5 Å². The molecule has 3 rings (SSSR count). The topological polar surface area (TPSA) is 93.8 Å². The first-order valence-corrected chi connectivity index (χ1v) is 9.05. The lowest BCUT2D eigenvalue weighted by atomic mass is 10.0.